The number of nitrogens with zero attached hydrogens (tertiary/aromatic N) is 3. The van der Waals surface area contributed by atoms with E-state index in [9.17, 15) is 22.8 Å². The fourth-order valence-electron chi connectivity index (χ4n) is 5.23. The lowest BCUT2D eigenvalue weighted by atomic mass is 10.0. The normalized spacial score (nSPS) is 17.7. The highest BCUT2D eigenvalue weighted by molar-refractivity contribution is 6.08. The quantitative estimate of drug-likeness (QED) is 0.527. The van der Waals surface area contributed by atoms with E-state index in [1.807, 2.05) is 12.1 Å². The topological polar surface area (TPSA) is 74.8 Å². The Morgan fingerprint density at radius 3 is 2.39 bits per heavy atom. The Morgan fingerprint density at radius 1 is 0.974 bits per heavy atom. The van der Waals surface area contributed by atoms with Gasteiger partial charge in [0.15, 0.2) is 0 Å². The van der Waals surface area contributed by atoms with E-state index < -0.39 is 11.7 Å². The predicted octanol–water partition coefficient (Wildman–Crippen LogP) is 4.87. The number of carbonyl (C=O) groups excluding carboxylic acids is 2. The van der Waals surface area contributed by atoms with Crippen molar-refractivity contribution in [2.24, 2.45) is 0 Å². The molecule has 10 heteroatoms. The molecule has 1 unspecified atom stereocenters. The monoisotopic (exact) mass is 524 g/mol. The lowest BCUT2D eigenvalue weighted by Gasteiger charge is -2.37. The van der Waals surface area contributed by atoms with Gasteiger partial charge in [0.25, 0.3) is 5.91 Å². The van der Waals surface area contributed by atoms with Crippen LogP contribution in [0.1, 0.15) is 27.0 Å². The van der Waals surface area contributed by atoms with Crippen LogP contribution in [0.2, 0.25) is 0 Å². The number of benzene rings is 2. The first-order chi connectivity index (χ1) is 18.2. The zero-order valence-electron chi connectivity index (χ0n) is 20.8. The Morgan fingerprint density at radius 2 is 1.71 bits per heavy atom. The van der Waals surface area contributed by atoms with Crippen LogP contribution in [-0.2, 0) is 23.8 Å². The Labute approximate surface area is 218 Å². The summed E-state index contributed by atoms with van der Waals surface area (Å²) in [7, 11) is 1.39. The number of fused-ring (bicyclic) bond motifs is 1. The minimum Gasteiger partial charge on any atom is -0.453 e. The SMILES string of the molecule is COC(=O)N1CCN(C2Cc3cccc(NC(=O)c4cccnc4-c4ccc(C(F)(F)F)cc4)c3C2)CC1. The van der Waals surface area contributed by atoms with Gasteiger partial charge in [-0.1, -0.05) is 24.3 Å². The molecule has 0 spiro atoms. The second-order valence-corrected chi connectivity index (χ2v) is 9.43. The van der Waals surface area contributed by atoms with Crippen molar-refractivity contribution in [3.05, 3.63) is 83.0 Å². The molecule has 1 fully saturated rings. The minimum atomic E-state index is -4.44. The molecule has 1 aromatic heterocycles. The van der Waals surface area contributed by atoms with Crippen molar-refractivity contribution in [2.75, 3.05) is 38.6 Å². The molecule has 5 rings (SSSR count). The van der Waals surface area contributed by atoms with Gasteiger partial charge in [-0.25, -0.2) is 4.79 Å². The number of hydrogen-bond acceptors (Lipinski definition) is 5. The molecule has 0 saturated carbocycles. The number of ether oxygens (including phenoxy) is 1. The third-order valence-corrected chi connectivity index (χ3v) is 7.22. The van der Waals surface area contributed by atoms with Crippen molar-refractivity contribution in [3.8, 4) is 11.3 Å². The number of halogens is 3. The first kappa shape index (κ1) is 25.7. The maximum absolute atomic E-state index is 13.4. The van der Waals surface area contributed by atoms with Gasteiger partial charge < -0.3 is 15.0 Å². The lowest BCUT2D eigenvalue weighted by Crippen LogP contribution is -2.52. The van der Waals surface area contributed by atoms with E-state index in [0.29, 0.717) is 30.0 Å². The number of methoxy groups -OCH3 is 1. The predicted molar refractivity (Wildman–Crippen MR) is 136 cm³/mol. The molecular weight excluding hydrogens is 497 g/mol. The standard InChI is InChI=1S/C28H27F3N4O3/c1-38-27(37)35-14-12-34(13-15-35)21-16-19-4-2-6-24(23(19)17-21)33-26(36)22-5-3-11-32-25(22)18-7-9-20(10-8-18)28(29,30)31/h2-11,21H,12-17H2,1H3,(H,33,36). The molecule has 0 radical (unpaired) electrons. The van der Waals surface area contributed by atoms with Crippen LogP contribution in [0.4, 0.5) is 23.7 Å². The molecule has 7 nitrogen and oxygen atoms in total. The van der Waals surface area contributed by atoms with Gasteiger partial charge in [-0.3, -0.25) is 14.7 Å². The number of anilines is 1. The highest BCUT2D eigenvalue weighted by Gasteiger charge is 2.33. The van der Waals surface area contributed by atoms with Gasteiger partial charge >= 0.3 is 12.3 Å². The second kappa shape index (κ2) is 10.4. The fraction of sp³-hybridized carbons (Fsp3) is 0.321. The molecule has 1 N–H and O–H groups in total. The smallest absolute Gasteiger partial charge is 0.416 e. The van der Waals surface area contributed by atoms with Gasteiger partial charge in [0.1, 0.15) is 0 Å². The molecule has 1 saturated heterocycles. The summed E-state index contributed by atoms with van der Waals surface area (Å²) in [5.41, 5.74) is 3.20. The van der Waals surface area contributed by atoms with Crippen LogP contribution in [0.15, 0.2) is 60.8 Å². The van der Waals surface area contributed by atoms with E-state index in [1.54, 1.807) is 17.0 Å². The third-order valence-electron chi connectivity index (χ3n) is 7.22. The number of amides is 2. The molecule has 2 aromatic carbocycles. The van der Waals surface area contributed by atoms with Gasteiger partial charge in [0.05, 0.1) is 23.9 Å². The van der Waals surface area contributed by atoms with Crippen molar-refractivity contribution in [1.29, 1.82) is 0 Å². The number of rotatable bonds is 4. The van der Waals surface area contributed by atoms with Crippen molar-refractivity contribution in [2.45, 2.75) is 25.1 Å². The summed E-state index contributed by atoms with van der Waals surface area (Å²) in [5.74, 6) is -0.378. The molecule has 1 aliphatic heterocycles. The number of aromatic nitrogens is 1. The van der Waals surface area contributed by atoms with Gasteiger partial charge in [-0.2, -0.15) is 13.2 Å². The first-order valence-electron chi connectivity index (χ1n) is 12.4. The Kier molecular flexibility index (Phi) is 7.07. The number of hydrogen-bond donors (Lipinski definition) is 1. The molecule has 1 aliphatic carbocycles. The first-order valence-corrected chi connectivity index (χ1v) is 12.4. The largest absolute Gasteiger partial charge is 0.453 e. The van der Waals surface area contributed by atoms with Crippen LogP contribution in [0.3, 0.4) is 0 Å². The van der Waals surface area contributed by atoms with E-state index >= 15 is 0 Å². The van der Waals surface area contributed by atoms with Crippen molar-refractivity contribution < 1.29 is 27.5 Å². The van der Waals surface area contributed by atoms with Crippen LogP contribution in [-0.4, -0.2) is 66.1 Å². The summed E-state index contributed by atoms with van der Waals surface area (Å²) in [6.07, 6.45) is -1.63. The van der Waals surface area contributed by atoms with Crippen LogP contribution in [0, 0.1) is 0 Å². The molecule has 2 amide bonds. The maximum Gasteiger partial charge on any atom is 0.416 e. The third kappa shape index (κ3) is 5.22. The van der Waals surface area contributed by atoms with Crippen LogP contribution in [0.5, 0.6) is 0 Å². The summed E-state index contributed by atoms with van der Waals surface area (Å²) in [6.45, 7) is 2.72. The fourth-order valence-corrected chi connectivity index (χ4v) is 5.23. The average Bonchev–Trinajstić information content (AvgIpc) is 3.38. The molecule has 1 atom stereocenters. The molecule has 2 aliphatic rings. The Balaban J connectivity index is 1.31. The Hall–Kier alpha value is -3.92. The van der Waals surface area contributed by atoms with Crippen molar-refractivity contribution in [3.63, 3.8) is 0 Å². The summed E-state index contributed by atoms with van der Waals surface area (Å²) < 4.78 is 43.8. The second-order valence-electron chi connectivity index (χ2n) is 9.43. The zero-order valence-corrected chi connectivity index (χ0v) is 20.8. The molecule has 2 heterocycles. The Bertz CT molecular complexity index is 1340. The number of nitrogens with one attached hydrogen (secondary N) is 1. The van der Waals surface area contributed by atoms with Gasteiger partial charge in [0, 0.05) is 49.7 Å². The average molecular weight is 525 g/mol. The van der Waals surface area contributed by atoms with Crippen molar-refractivity contribution >= 4 is 17.7 Å². The number of carbonyl (C=O) groups is 2. The van der Waals surface area contributed by atoms with Gasteiger partial charge in [-0.05, 0) is 54.3 Å². The molecule has 0 bridgehead atoms. The summed E-state index contributed by atoms with van der Waals surface area (Å²) in [5, 5.41) is 3.01. The molecular formula is C28H27F3N4O3. The maximum atomic E-state index is 13.4. The minimum absolute atomic E-state index is 0.268. The highest BCUT2D eigenvalue weighted by atomic mass is 19.4. The molecule has 38 heavy (non-hydrogen) atoms. The number of alkyl halides is 3. The van der Waals surface area contributed by atoms with Crippen LogP contribution < -0.4 is 5.32 Å². The van der Waals surface area contributed by atoms with Crippen LogP contribution in [0.25, 0.3) is 11.3 Å². The number of piperazine rings is 1. The van der Waals surface area contributed by atoms with E-state index in [2.05, 4.69) is 21.3 Å². The van der Waals surface area contributed by atoms with E-state index in [0.717, 1.165) is 49.2 Å². The van der Waals surface area contributed by atoms with Crippen molar-refractivity contribution in [1.82, 2.24) is 14.8 Å². The summed E-state index contributed by atoms with van der Waals surface area (Å²) >= 11 is 0. The highest BCUT2D eigenvalue weighted by Crippen LogP contribution is 2.34. The van der Waals surface area contributed by atoms with Gasteiger partial charge in [-0.15, -0.1) is 0 Å². The van der Waals surface area contributed by atoms with E-state index in [4.69, 9.17) is 4.74 Å². The summed E-state index contributed by atoms with van der Waals surface area (Å²) in [6, 6.07) is 14.0. The zero-order chi connectivity index (χ0) is 26.9. The molecule has 198 valence electrons. The number of pyridine rings is 1. The van der Waals surface area contributed by atoms with E-state index in [-0.39, 0.29) is 23.6 Å². The van der Waals surface area contributed by atoms with Crippen LogP contribution >= 0.6 is 0 Å². The van der Waals surface area contributed by atoms with E-state index in [1.165, 1.54) is 25.4 Å². The van der Waals surface area contributed by atoms with Gasteiger partial charge in [0.2, 0.25) is 0 Å². The lowest BCUT2D eigenvalue weighted by molar-refractivity contribution is -0.137. The molecule has 3 aromatic rings. The summed E-state index contributed by atoms with van der Waals surface area (Å²) in [4.78, 5) is 33.5.